The van der Waals surface area contributed by atoms with Gasteiger partial charge in [0.2, 0.25) is 0 Å². The number of nitrogens with zero attached hydrogens (tertiary/aromatic N) is 2. The first-order chi connectivity index (χ1) is 30.4. The van der Waals surface area contributed by atoms with Crippen LogP contribution in [0, 0.1) is 31.3 Å². The fourth-order valence-corrected chi connectivity index (χ4v) is 6.77. The molecule has 0 aliphatic heterocycles. The number of aryl methyl sites for hydroxylation is 2. The number of para-hydroxylation sites is 1. The van der Waals surface area contributed by atoms with E-state index in [1.54, 1.807) is 18.3 Å². The van der Waals surface area contributed by atoms with E-state index in [-0.39, 0.29) is 31.2 Å². The van der Waals surface area contributed by atoms with Gasteiger partial charge in [0.1, 0.15) is 5.58 Å². The number of hydrogen-bond donors (Lipinski definition) is 0. The number of rotatable bonds is 6. The molecule has 3 aromatic heterocycles. The van der Waals surface area contributed by atoms with Crippen LogP contribution < -0.4 is 0 Å². The summed E-state index contributed by atoms with van der Waals surface area (Å²) >= 11 is 0. The zero-order chi connectivity index (χ0) is 45.4. The number of furan rings is 1. The molecule has 0 atom stereocenters. The van der Waals surface area contributed by atoms with Gasteiger partial charge in [0.05, 0.1) is 5.58 Å². The van der Waals surface area contributed by atoms with Crippen LogP contribution in [0.4, 0.5) is 0 Å². The molecule has 283 valence electrons. The van der Waals surface area contributed by atoms with Crippen molar-refractivity contribution in [1.82, 2.24) is 9.97 Å². The standard InChI is InChI=1S/C34H28NO.C19H16N.Ir/c1-34(2,3)22-23-15-17-24(18-16-23)26-19-20-35-31(21-26)30-14-8-13-29-28-12-7-11-27(32(28)36-33(29)30)25-9-5-4-6-10-25;1-14-8-11-19(20-13-14)17-10-9-15(2)18(12-17)16-6-4-3-5-7-16;/h4-13,15-21H,22H2,1-3H3;3-9,11-13H,1-2H3;/q2*-1;/i22D2;1D3,2D3;. The third-order valence-electron chi connectivity index (χ3n) is 9.37. The Balaban J connectivity index is 0.000000205. The summed E-state index contributed by atoms with van der Waals surface area (Å²) in [6, 6.07) is 54.2. The van der Waals surface area contributed by atoms with Crippen LogP contribution in [0.1, 0.15) is 48.4 Å². The molecule has 0 saturated carbocycles. The molecule has 4 heteroatoms. The van der Waals surface area contributed by atoms with E-state index in [9.17, 15) is 0 Å². The quantitative estimate of drug-likeness (QED) is 0.156. The van der Waals surface area contributed by atoms with Gasteiger partial charge in [-0.25, -0.2) is 0 Å². The Bertz CT molecular complexity index is 3070. The minimum absolute atomic E-state index is 0. The predicted molar refractivity (Wildman–Crippen MR) is 233 cm³/mol. The fourth-order valence-electron chi connectivity index (χ4n) is 6.77. The molecule has 9 rings (SSSR count). The van der Waals surface area contributed by atoms with Crippen LogP contribution in [0.2, 0.25) is 0 Å². The van der Waals surface area contributed by atoms with Gasteiger partial charge in [-0.2, -0.15) is 0 Å². The maximum atomic E-state index is 8.57. The van der Waals surface area contributed by atoms with E-state index in [0.29, 0.717) is 22.4 Å². The van der Waals surface area contributed by atoms with Crippen molar-refractivity contribution in [2.75, 3.05) is 0 Å². The van der Waals surface area contributed by atoms with E-state index in [1.807, 2.05) is 118 Å². The van der Waals surface area contributed by atoms with Crippen LogP contribution in [-0.2, 0) is 26.5 Å². The molecule has 57 heavy (non-hydrogen) atoms. The van der Waals surface area contributed by atoms with Crippen molar-refractivity contribution in [3.8, 4) is 55.9 Å². The van der Waals surface area contributed by atoms with Gasteiger partial charge in [-0.05, 0) is 69.5 Å². The minimum Gasteiger partial charge on any atom is -0.500 e. The molecule has 6 aromatic carbocycles. The van der Waals surface area contributed by atoms with E-state index in [0.717, 1.165) is 61.0 Å². The van der Waals surface area contributed by atoms with E-state index < -0.39 is 25.5 Å². The Morgan fingerprint density at radius 1 is 0.632 bits per heavy atom. The summed E-state index contributed by atoms with van der Waals surface area (Å²) in [6.07, 6.45) is 1.69. The third-order valence-corrected chi connectivity index (χ3v) is 9.37. The van der Waals surface area contributed by atoms with Gasteiger partial charge in [-0.3, -0.25) is 0 Å². The van der Waals surface area contributed by atoms with Gasteiger partial charge in [-0.15, -0.1) is 47.5 Å². The molecule has 0 saturated heterocycles. The first kappa shape index (κ1) is 30.2. The summed E-state index contributed by atoms with van der Waals surface area (Å²) in [5.41, 5.74) is 10.5. The molecule has 0 aliphatic rings. The molecule has 0 aliphatic carbocycles. The van der Waals surface area contributed by atoms with Gasteiger partial charge in [-0.1, -0.05) is 165 Å². The second kappa shape index (κ2) is 17.1. The van der Waals surface area contributed by atoms with E-state index >= 15 is 0 Å². The second-order valence-electron chi connectivity index (χ2n) is 14.6. The predicted octanol–water partition coefficient (Wildman–Crippen LogP) is 14.2. The molecule has 0 amide bonds. The Kier molecular flexibility index (Phi) is 9.05. The molecule has 0 N–H and O–H groups in total. The monoisotopic (exact) mass is 925 g/mol. The average Bonchev–Trinajstić information content (AvgIpc) is 3.68. The van der Waals surface area contributed by atoms with Gasteiger partial charge in [0.25, 0.3) is 0 Å². The van der Waals surface area contributed by atoms with Crippen molar-refractivity contribution in [3.63, 3.8) is 0 Å². The van der Waals surface area contributed by atoms with Crippen LogP contribution >= 0.6 is 0 Å². The minimum atomic E-state index is -2.27. The largest absolute Gasteiger partial charge is 0.500 e. The van der Waals surface area contributed by atoms with Crippen LogP contribution in [0.15, 0.2) is 168 Å². The number of fused-ring (bicyclic) bond motifs is 3. The number of benzene rings is 6. The zero-order valence-electron chi connectivity index (χ0n) is 39.7. The fraction of sp³-hybridized carbons (Fsp3) is 0.132. The molecule has 3 nitrogen and oxygen atoms in total. The smallest absolute Gasteiger partial charge is 0.128 e. The number of pyridine rings is 2. The summed E-state index contributed by atoms with van der Waals surface area (Å²) in [5, 5.41) is 2.10. The summed E-state index contributed by atoms with van der Waals surface area (Å²) < 4.78 is 69.2. The van der Waals surface area contributed by atoms with Gasteiger partial charge in [0.15, 0.2) is 0 Å². The van der Waals surface area contributed by atoms with Crippen LogP contribution in [-0.4, -0.2) is 9.97 Å². The Hall–Kier alpha value is -5.93. The van der Waals surface area contributed by atoms with Crippen molar-refractivity contribution >= 4 is 21.9 Å². The van der Waals surface area contributed by atoms with Gasteiger partial charge in [0, 0.05) is 54.4 Å². The number of aromatic nitrogens is 2. The molecule has 0 fully saturated rings. The normalized spacial score (nSPS) is 13.9. The maximum Gasteiger partial charge on any atom is 0.128 e. The molecule has 9 aromatic rings. The third kappa shape index (κ3) is 8.89. The average molecular weight is 925 g/mol. The second-order valence-corrected chi connectivity index (χ2v) is 14.6. The summed E-state index contributed by atoms with van der Waals surface area (Å²) in [6.45, 7) is 1.30. The Morgan fingerprint density at radius 3 is 2.05 bits per heavy atom. The van der Waals surface area contributed by atoms with Crippen molar-refractivity contribution in [3.05, 3.63) is 193 Å². The summed E-state index contributed by atoms with van der Waals surface area (Å²) in [5.74, 6) is 0. The van der Waals surface area contributed by atoms with Gasteiger partial charge >= 0.3 is 0 Å². The van der Waals surface area contributed by atoms with Crippen LogP contribution in [0.5, 0.6) is 0 Å². The van der Waals surface area contributed by atoms with Gasteiger partial charge < -0.3 is 14.4 Å². The number of hydrogen-bond acceptors (Lipinski definition) is 3. The van der Waals surface area contributed by atoms with Crippen molar-refractivity contribution in [1.29, 1.82) is 0 Å². The zero-order valence-corrected chi connectivity index (χ0v) is 34.1. The molecule has 0 spiro atoms. The SMILES string of the molecule is [2H]C([2H])([2H])c1ccc(-c2[c-]cc(C([2H])([2H])[2H])c(-c3ccccc3)c2)nc1.[2H]C([2H])(c1ccc(-c2ccnc(-c3[c-]ccc4c3oc3c(-c5ccccc5)cccc34)c2)cc1)C(C)(C)C.[Ir]. The summed E-state index contributed by atoms with van der Waals surface area (Å²) in [4.78, 5) is 8.88. The Morgan fingerprint density at radius 2 is 1.37 bits per heavy atom. The van der Waals surface area contributed by atoms with Crippen molar-refractivity contribution in [2.24, 2.45) is 5.41 Å². The molecular weight excluding hydrogens is 873 g/mol. The topological polar surface area (TPSA) is 38.9 Å². The van der Waals surface area contributed by atoms with E-state index in [1.165, 1.54) is 18.3 Å². The first-order valence-electron chi connectivity index (χ1n) is 22.5. The molecule has 1 radical (unpaired) electrons. The molecule has 0 bridgehead atoms. The Labute approximate surface area is 361 Å². The van der Waals surface area contributed by atoms with Crippen LogP contribution in [0.25, 0.3) is 77.8 Å². The molecule has 3 heterocycles. The van der Waals surface area contributed by atoms with Crippen LogP contribution in [0.3, 0.4) is 0 Å². The van der Waals surface area contributed by atoms with Crippen molar-refractivity contribution in [2.45, 2.75) is 40.8 Å². The van der Waals surface area contributed by atoms with Crippen molar-refractivity contribution < 1.29 is 35.5 Å². The summed E-state index contributed by atoms with van der Waals surface area (Å²) in [7, 11) is 0. The maximum absolute atomic E-state index is 8.57. The first-order valence-corrected chi connectivity index (χ1v) is 18.5. The van der Waals surface area contributed by atoms with E-state index in [4.69, 9.17) is 15.4 Å². The molecular formula is C53H44IrN2O-2. The molecule has 0 unspecified atom stereocenters. The van der Waals surface area contributed by atoms with E-state index in [2.05, 4.69) is 52.4 Å².